The van der Waals surface area contributed by atoms with Crippen LogP contribution in [0, 0.1) is 0 Å². The largest absolute Gasteiger partial charge is 0.484 e. The van der Waals surface area contributed by atoms with Crippen molar-refractivity contribution >= 4 is 15.7 Å². The summed E-state index contributed by atoms with van der Waals surface area (Å²) in [6, 6.07) is 1.91. The van der Waals surface area contributed by atoms with Crippen molar-refractivity contribution in [2.75, 3.05) is 31.2 Å². The zero-order valence-corrected chi connectivity index (χ0v) is 12.2. The number of pyridine rings is 1. The SMILES string of the molecule is O=C(COc1ccnc(C(F)(F)F)c1)N1CCS(=O)(=O)CC1. The van der Waals surface area contributed by atoms with E-state index in [4.69, 9.17) is 4.74 Å². The van der Waals surface area contributed by atoms with Crippen LogP contribution in [0.4, 0.5) is 13.2 Å². The highest BCUT2D eigenvalue weighted by atomic mass is 32.2. The summed E-state index contributed by atoms with van der Waals surface area (Å²) in [5.41, 5.74) is -1.11. The standard InChI is InChI=1S/C12H13F3N2O4S/c13-12(14,15)10-7-9(1-2-16-10)21-8-11(18)17-3-5-22(19,20)6-4-17/h1-2,7H,3-6,8H2. The minimum Gasteiger partial charge on any atom is -0.484 e. The fourth-order valence-corrected chi connectivity index (χ4v) is 3.06. The highest BCUT2D eigenvalue weighted by Gasteiger charge is 2.32. The fraction of sp³-hybridized carbons (Fsp3) is 0.500. The minimum atomic E-state index is -4.59. The molecule has 1 aliphatic heterocycles. The summed E-state index contributed by atoms with van der Waals surface area (Å²) in [7, 11) is -3.11. The predicted molar refractivity (Wildman–Crippen MR) is 70.0 cm³/mol. The number of halogens is 3. The van der Waals surface area contributed by atoms with Crippen LogP contribution in [0.1, 0.15) is 5.69 Å². The number of aromatic nitrogens is 1. The van der Waals surface area contributed by atoms with E-state index in [0.29, 0.717) is 6.07 Å². The smallest absolute Gasteiger partial charge is 0.433 e. The van der Waals surface area contributed by atoms with Crippen molar-refractivity contribution in [3.8, 4) is 5.75 Å². The molecule has 1 aliphatic rings. The lowest BCUT2D eigenvalue weighted by molar-refractivity contribution is -0.141. The molecule has 0 bridgehead atoms. The van der Waals surface area contributed by atoms with Gasteiger partial charge in [-0.3, -0.25) is 9.78 Å². The van der Waals surface area contributed by atoms with E-state index in [1.165, 1.54) is 11.0 Å². The monoisotopic (exact) mass is 338 g/mol. The molecule has 0 unspecified atom stereocenters. The number of nitrogens with zero attached hydrogens (tertiary/aromatic N) is 2. The second-order valence-electron chi connectivity index (χ2n) is 4.70. The number of carbonyl (C=O) groups excluding carboxylic acids is 1. The maximum Gasteiger partial charge on any atom is 0.433 e. The van der Waals surface area contributed by atoms with E-state index in [2.05, 4.69) is 4.98 Å². The maximum atomic E-state index is 12.5. The second-order valence-corrected chi connectivity index (χ2v) is 7.00. The summed E-state index contributed by atoms with van der Waals surface area (Å²) in [5.74, 6) is -0.834. The maximum absolute atomic E-state index is 12.5. The van der Waals surface area contributed by atoms with Crippen LogP contribution in [0.15, 0.2) is 18.3 Å². The molecule has 22 heavy (non-hydrogen) atoms. The van der Waals surface area contributed by atoms with Crippen LogP contribution in [0.5, 0.6) is 5.75 Å². The quantitative estimate of drug-likeness (QED) is 0.812. The highest BCUT2D eigenvalue weighted by molar-refractivity contribution is 7.91. The van der Waals surface area contributed by atoms with Gasteiger partial charge in [0.2, 0.25) is 0 Å². The van der Waals surface area contributed by atoms with Crippen LogP contribution in [-0.2, 0) is 20.8 Å². The van der Waals surface area contributed by atoms with Gasteiger partial charge >= 0.3 is 6.18 Å². The number of hydrogen-bond acceptors (Lipinski definition) is 5. The molecule has 2 heterocycles. The van der Waals surface area contributed by atoms with E-state index < -0.39 is 34.2 Å². The van der Waals surface area contributed by atoms with E-state index in [-0.39, 0.29) is 30.3 Å². The molecule has 0 atom stereocenters. The molecule has 1 aromatic heterocycles. The van der Waals surface area contributed by atoms with Crippen molar-refractivity contribution in [3.63, 3.8) is 0 Å². The normalized spacial score (nSPS) is 18.0. The number of carbonyl (C=O) groups is 1. The molecule has 0 radical (unpaired) electrons. The van der Waals surface area contributed by atoms with Gasteiger partial charge in [-0.05, 0) is 6.07 Å². The molecule has 1 fully saturated rings. The number of hydrogen-bond donors (Lipinski definition) is 0. The van der Waals surface area contributed by atoms with Crippen molar-refractivity contribution in [1.29, 1.82) is 0 Å². The second kappa shape index (κ2) is 6.11. The van der Waals surface area contributed by atoms with Gasteiger partial charge < -0.3 is 9.64 Å². The van der Waals surface area contributed by atoms with E-state index >= 15 is 0 Å². The lowest BCUT2D eigenvalue weighted by atomic mass is 10.3. The third-order valence-electron chi connectivity index (χ3n) is 3.08. The Balaban J connectivity index is 1.92. The summed E-state index contributed by atoms with van der Waals surface area (Å²) in [6.07, 6.45) is -3.65. The topological polar surface area (TPSA) is 76.6 Å². The summed E-state index contributed by atoms with van der Waals surface area (Å²) >= 11 is 0. The predicted octanol–water partition coefficient (Wildman–Crippen LogP) is 0.736. The Morgan fingerprint density at radius 3 is 2.55 bits per heavy atom. The average Bonchev–Trinajstić information content (AvgIpc) is 2.44. The Bertz CT molecular complexity index is 647. The van der Waals surface area contributed by atoms with Crippen LogP contribution >= 0.6 is 0 Å². The van der Waals surface area contributed by atoms with Crippen molar-refractivity contribution in [2.45, 2.75) is 6.18 Å². The zero-order valence-electron chi connectivity index (χ0n) is 11.3. The van der Waals surface area contributed by atoms with Crippen LogP contribution in [0.3, 0.4) is 0 Å². The van der Waals surface area contributed by atoms with Gasteiger partial charge in [-0.25, -0.2) is 8.42 Å². The highest BCUT2D eigenvalue weighted by Crippen LogP contribution is 2.29. The molecule has 1 saturated heterocycles. The summed E-state index contributed by atoms with van der Waals surface area (Å²) in [6.45, 7) is -0.329. The van der Waals surface area contributed by atoms with Crippen LogP contribution in [0.25, 0.3) is 0 Å². The van der Waals surface area contributed by atoms with E-state index in [1.54, 1.807) is 0 Å². The molecule has 10 heteroatoms. The molecule has 1 aromatic rings. The molecule has 1 amide bonds. The van der Waals surface area contributed by atoms with Gasteiger partial charge in [0.1, 0.15) is 11.4 Å². The number of ether oxygens (including phenoxy) is 1. The zero-order chi connectivity index (χ0) is 16.4. The van der Waals surface area contributed by atoms with Gasteiger partial charge in [-0.2, -0.15) is 13.2 Å². The summed E-state index contributed by atoms with van der Waals surface area (Å²) in [4.78, 5) is 16.3. The van der Waals surface area contributed by atoms with Gasteiger partial charge in [-0.1, -0.05) is 0 Å². The molecule has 0 aliphatic carbocycles. The number of amides is 1. The minimum absolute atomic E-state index is 0.0642. The molecule has 0 saturated carbocycles. The first-order chi connectivity index (χ1) is 10.2. The Hall–Kier alpha value is -1.84. The third kappa shape index (κ3) is 4.33. The van der Waals surface area contributed by atoms with Crippen molar-refractivity contribution in [1.82, 2.24) is 9.88 Å². The fourth-order valence-electron chi connectivity index (χ4n) is 1.85. The molecule has 0 aromatic carbocycles. The van der Waals surface area contributed by atoms with Crippen LogP contribution in [-0.4, -0.2) is 55.4 Å². The summed E-state index contributed by atoms with van der Waals surface area (Å²) in [5, 5.41) is 0. The Morgan fingerprint density at radius 1 is 1.32 bits per heavy atom. The van der Waals surface area contributed by atoms with Crippen molar-refractivity contribution in [3.05, 3.63) is 24.0 Å². The Labute approximate surface area is 124 Å². The third-order valence-corrected chi connectivity index (χ3v) is 4.69. The average molecular weight is 338 g/mol. The van der Waals surface area contributed by atoms with Gasteiger partial charge in [-0.15, -0.1) is 0 Å². The lowest BCUT2D eigenvalue weighted by Crippen LogP contribution is -2.45. The first-order valence-electron chi connectivity index (χ1n) is 6.32. The van der Waals surface area contributed by atoms with Gasteiger partial charge in [0.15, 0.2) is 16.4 Å². The Kier molecular flexibility index (Phi) is 4.59. The molecule has 6 nitrogen and oxygen atoms in total. The van der Waals surface area contributed by atoms with Crippen LogP contribution in [0.2, 0.25) is 0 Å². The van der Waals surface area contributed by atoms with E-state index in [0.717, 1.165) is 6.20 Å². The molecule has 2 rings (SSSR count). The molecule has 122 valence electrons. The lowest BCUT2D eigenvalue weighted by Gasteiger charge is -2.26. The van der Waals surface area contributed by atoms with Crippen molar-refractivity contribution < 1.29 is 31.1 Å². The van der Waals surface area contributed by atoms with Gasteiger partial charge in [0.25, 0.3) is 5.91 Å². The number of rotatable bonds is 3. The Morgan fingerprint density at radius 2 is 1.95 bits per heavy atom. The van der Waals surface area contributed by atoms with Gasteiger partial charge in [0.05, 0.1) is 11.5 Å². The number of sulfone groups is 1. The summed E-state index contributed by atoms with van der Waals surface area (Å²) < 4.78 is 65.0. The number of alkyl halides is 3. The van der Waals surface area contributed by atoms with Gasteiger partial charge in [0, 0.05) is 25.4 Å². The first-order valence-corrected chi connectivity index (χ1v) is 8.14. The van der Waals surface area contributed by atoms with E-state index in [1.807, 2.05) is 0 Å². The molecule has 0 N–H and O–H groups in total. The van der Waals surface area contributed by atoms with E-state index in [9.17, 15) is 26.4 Å². The van der Waals surface area contributed by atoms with Crippen molar-refractivity contribution in [2.24, 2.45) is 0 Å². The molecular weight excluding hydrogens is 325 g/mol. The first kappa shape index (κ1) is 16.5. The molecule has 0 spiro atoms. The van der Waals surface area contributed by atoms with Crippen LogP contribution < -0.4 is 4.74 Å². The molecular formula is C12H13F3N2O4S.